The fourth-order valence-electron chi connectivity index (χ4n) is 5.74. The highest BCUT2D eigenvalue weighted by Gasteiger charge is 2.20. The summed E-state index contributed by atoms with van der Waals surface area (Å²) in [5, 5.41) is 4.50. The van der Waals surface area contributed by atoms with Crippen LogP contribution in [0.4, 0.5) is 0 Å². The van der Waals surface area contributed by atoms with E-state index in [4.69, 9.17) is 9.59 Å². The number of carbonyl (C=O) groups is 1. The number of rotatable bonds is 9. The Balaban J connectivity index is 0.00000141. The van der Waals surface area contributed by atoms with Crippen molar-refractivity contribution >= 4 is 23.0 Å². The maximum Gasteiger partial charge on any atom is 0.373 e. The zero-order valence-electron chi connectivity index (χ0n) is 26.6. The summed E-state index contributed by atoms with van der Waals surface area (Å²) in [7, 11) is 0. The maximum atomic E-state index is 13.6. The molecule has 44 heavy (non-hydrogen) atoms. The van der Waals surface area contributed by atoms with E-state index in [0.29, 0.717) is 17.4 Å². The first-order valence-electron chi connectivity index (χ1n) is 15.3. The van der Waals surface area contributed by atoms with E-state index in [9.17, 15) is 4.79 Å². The number of aromatic nitrogens is 1. The lowest BCUT2D eigenvalue weighted by atomic mass is 9.93. The topological polar surface area (TPSA) is 68.2 Å². The van der Waals surface area contributed by atoms with Gasteiger partial charge in [0.15, 0.2) is 0 Å². The van der Waals surface area contributed by atoms with Crippen LogP contribution in [0.25, 0.3) is 22.0 Å². The third-order valence-electron chi connectivity index (χ3n) is 8.30. The summed E-state index contributed by atoms with van der Waals surface area (Å²) in [5.74, 6) is 0.893. The Morgan fingerprint density at radius 3 is 2.05 bits per heavy atom. The van der Waals surface area contributed by atoms with Crippen molar-refractivity contribution in [2.75, 3.05) is 0 Å². The molecule has 5 rings (SSSR count). The first kappa shape index (κ1) is 32.2. The zero-order chi connectivity index (χ0) is 31.8. The number of hydrogen-bond donors (Lipinski definition) is 1. The van der Waals surface area contributed by atoms with Gasteiger partial charge >= 0.3 is 6.15 Å². The van der Waals surface area contributed by atoms with Crippen LogP contribution in [0.3, 0.4) is 0 Å². The molecule has 0 radical (unpaired) electrons. The smallest absolute Gasteiger partial charge is 0.345 e. The van der Waals surface area contributed by atoms with Gasteiger partial charge in [0, 0.05) is 28.7 Å². The number of carbonyl (C=O) groups excluding carboxylic acids is 3. The van der Waals surface area contributed by atoms with Crippen LogP contribution in [-0.4, -0.2) is 16.6 Å². The Labute approximate surface area is 260 Å². The van der Waals surface area contributed by atoms with Crippen molar-refractivity contribution in [1.29, 1.82) is 0 Å². The van der Waals surface area contributed by atoms with Crippen molar-refractivity contribution < 1.29 is 14.4 Å². The van der Waals surface area contributed by atoms with Crippen molar-refractivity contribution in [3.05, 3.63) is 131 Å². The van der Waals surface area contributed by atoms with E-state index in [1.54, 1.807) is 0 Å². The van der Waals surface area contributed by atoms with Gasteiger partial charge in [-0.15, -0.1) is 0 Å². The second-order valence-corrected chi connectivity index (χ2v) is 12.2. The molecule has 0 spiro atoms. The van der Waals surface area contributed by atoms with Crippen LogP contribution in [0.1, 0.15) is 84.4 Å². The minimum Gasteiger partial charge on any atom is -0.345 e. The van der Waals surface area contributed by atoms with Crippen molar-refractivity contribution in [1.82, 2.24) is 9.88 Å². The molecule has 1 aromatic heterocycles. The van der Waals surface area contributed by atoms with Gasteiger partial charge in [-0.25, -0.2) is 0 Å². The summed E-state index contributed by atoms with van der Waals surface area (Å²) in [4.78, 5) is 29.8. The molecule has 0 saturated carbocycles. The van der Waals surface area contributed by atoms with Crippen LogP contribution in [0.15, 0.2) is 97.1 Å². The number of benzene rings is 4. The van der Waals surface area contributed by atoms with Gasteiger partial charge in [-0.1, -0.05) is 107 Å². The van der Waals surface area contributed by atoms with Crippen molar-refractivity contribution in [3.63, 3.8) is 0 Å². The molecule has 5 nitrogen and oxygen atoms in total. The van der Waals surface area contributed by atoms with Crippen molar-refractivity contribution in [2.24, 2.45) is 5.92 Å². The molecule has 0 aliphatic carbocycles. The molecule has 0 bridgehead atoms. The monoisotopic (exact) mass is 586 g/mol. The summed E-state index contributed by atoms with van der Waals surface area (Å²) in [6.07, 6.45) is 1.15. The van der Waals surface area contributed by atoms with E-state index in [-0.39, 0.29) is 18.1 Å². The van der Waals surface area contributed by atoms with E-state index in [1.807, 2.05) is 12.1 Å². The lowest BCUT2D eigenvalue weighted by Crippen LogP contribution is -2.29. The first-order valence-corrected chi connectivity index (χ1v) is 15.3. The van der Waals surface area contributed by atoms with Crippen LogP contribution >= 0.6 is 0 Å². The zero-order valence-corrected chi connectivity index (χ0v) is 26.6. The van der Waals surface area contributed by atoms with Crippen LogP contribution in [0, 0.1) is 19.8 Å². The molecule has 1 amide bonds. The third kappa shape index (κ3) is 7.61. The fourth-order valence-corrected chi connectivity index (χ4v) is 5.74. The molecule has 1 atom stereocenters. The molecule has 5 aromatic rings. The van der Waals surface area contributed by atoms with Gasteiger partial charge < -0.3 is 9.88 Å². The Hall–Kier alpha value is -4.73. The van der Waals surface area contributed by atoms with E-state index in [1.165, 1.54) is 39.1 Å². The largest absolute Gasteiger partial charge is 0.373 e. The van der Waals surface area contributed by atoms with Gasteiger partial charge in [0.2, 0.25) is 0 Å². The van der Waals surface area contributed by atoms with Crippen LogP contribution in [-0.2, 0) is 16.1 Å². The predicted molar refractivity (Wildman–Crippen MR) is 178 cm³/mol. The Morgan fingerprint density at radius 2 is 1.41 bits per heavy atom. The van der Waals surface area contributed by atoms with E-state index >= 15 is 0 Å². The van der Waals surface area contributed by atoms with Gasteiger partial charge in [-0.3, -0.25) is 4.79 Å². The maximum absolute atomic E-state index is 13.6. The molecule has 0 saturated heterocycles. The Kier molecular flexibility index (Phi) is 10.7. The van der Waals surface area contributed by atoms with Gasteiger partial charge in [-0.2, -0.15) is 9.59 Å². The van der Waals surface area contributed by atoms with Crippen molar-refractivity contribution in [2.45, 2.75) is 66.5 Å². The number of aryl methyl sites for hydroxylation is 1. The number of fused-ring (bicyclic) bond motifs is 1. The number of hydrogen-bond acceptors (Lipinski definition) is 3. The third-order valence-corrected chi connectivity index (χ3v) is 8.30. The summed E-state index contributed by atoms with van der Waals surface area (Å²) >= 11 is 0. The summed E-state index contributed by atoms with van der Waals surface area (Å²) < 4.78 is 2.36. The average Bonchev–Trinajstić information content (AvgIpc) is 3.26. The normalized spacial score (nSPS) is 11.6. The molecular weight excluding hydrogens is 544 g/mol. The molecular formula is C39H42N2O3. The molecule has 4 aromatic carbocycles. The fraction of sp³-hybridized carbons (Fsp3) is 0.282. The SMILES string of the molecule is Cc1c(C)n(Cc2ccc(-c3ccccc3)cc2)c2ccc(C(=O)N[C@H](CC(C)C)c3cccc(C(C)C)c3)cc12.O=C=O. The standard InChI is InChI=1S/C38H42N2O.CO2/c1-25(2)21-36(33-14-10-13-32(22-33)26(3)4)39-38(41)34-19-20-37-35(23-34)27(5)28(6)40(37)24-29-15-17-31(18-16-29)30-11-8-7-9-12-30;2-1-3/h7-20,22-23,25-26,36H,21,24H2,1-6H3,(H,39,41);/t36-;/m1./s1. The van der Waals surface area contributed by atoms with Gasteiger partial charge in [0.25, 0.3) is 5.91 Å². The van der Waals surface area contributed by atoms with Gasteiger partial charge in [0.1, 0.15) is 0 Å². The minimum absolute atomic E-state index is 0.0196. The molecule has 5 heteroatoms. The molecule has 226 valence electrons. The second kappa shape index (κ2) is 14.6. The Morgan fingerprint density at radius 1 is 0.773 bits per heavy atom. The van der Waals surface area contributed by atoms with Crippen LogP contribution in [0.2, 0.25) is 0 Å². The highest BCUT2D eigenvalue weighted by atomic mass is 16.2. The highest BCUT2D eigenvalue weighted by Crippen LogP contribution is 2.29. The van der Waals surface area contributed by atoms with Gasteiger partial charge in [0.05, 0.1) is 6.04 Å². The molecule has 0 fully saturated rings. The summed E-state index contributed by atoms with van der Waals surface area (Å²) in [6, 6.07) is 34.1. The second-order valence-electron chi connectivity index (χ2n) is 12.2. The quantitative estimate of drug-likeness (QED) is 0.187. The van der Waals surface area contributed by atoms with Crippen LogP contribution < -0.4 is 5.32 Å². The molecule has 1 N–H and O–H groups in total. The van der Waals surface area contributed by atoms with E-state index in [2.05, 4.69) is 136 Å². The summed E-state index contributed by atoms with van der Waals surface area (Å²) in [5.41, 5.74) is 10.5. The van der Waals surface area contributed by atoms with Gasteiger partial charge in [-0.05, 0) is 83.7 Å². The Bertz CT molecular complexity index is 1740. The van der Waals surface area contributed by atoms with E-state index < -0.39 is 0 Å². The molecule has 1 heterocycles. The number of amides is 1. The van der Waals surface area contributed by atoms with Crippen LogP contribution in [0.5, 0.6) is 0 Å². The first-order chi connectivity index (χ1) is 21.1. The lowest BCUT2D eigenvalue weighted by molar-refractivity contribution is -0.191. The molecule has 0 unspecified atom stereocenters. The molecule has 0 aliphatic rings. The summed E-state index contributed by atoms with van der Waals surface area (Å²) in [6.45, 7) is 14.0. The lowest BCUT2D eigenvalue weighted by Gasteiger charge is -2.22. The predicted octanol–water partition coefficient (Wildman–Crippen LogP) is 9.03. The minimum atomic E-state index is -0.0248. The average molecular weight is 587 g/mol. The van der Waals surface area contributed by atoms with E-state index in [0.717, 1.165) is 23.9 Å². The molecule has 0 aliphatic heterocycles. The highest BCUT2D eigenvalue weighted by molar-refractivity contribution is 5.99. The number of nitrogens with zero attached hydrogens (tertiary/aromatic N) is 1. The van der Waals surface area contributed by atoms with Crippen molar-refractivity contribution in [3.8, 4) is 11.1 Å². The number of nitrogens with one attached hydrogen (secondary N) is 1.